The summed E-state index contributed by atoms with van der Waals surface area (Å²) in [5.74, 6) is 1.60. The third-order valence-electron chi connectivity index (χ3n) is 9.21. The predicted molar refractivity (Wildman–Crippen MR) is 214 cm³/mol. The van der Waals surface area contributed by atoms with Crippen LogP contribution in [-0.4, -0.2) is 46.8 Å². The zero-order valence-electron chi connectivity index (χ0n) is 32.3. The van der Waals surface area contributed by atoms with E-state index < -0.39 is 0 Å². The molecule has 3 aromatic rings. The molecule has 0 aliphatic rings. The summed E-state index contributed by atoms with van der Waals surface area (Å²) in [6.45, 7) is 17.6. The van der Waals surface area contributed by atoms with Crippen LogP contribution in [0.3, 0.4) is 0 Å². The van der Waals surface area contributed by atoms with Crippen molar-refractivity contribution in [2.45, 2.75) is 119 Å². The smallest absolute Gasteiger partial charge is 0.165 e. The Bertz CT molecular complexity index is 1680. The van der Waals surface area contributed by atoms with Crippen LogP contribution < -0.4 is 19.9 Å². The molecule has 0 saturated carbocycles. The Labute approximate surface area is 311 Å². The van der Waals surface area contributed by atoms with E-state index in [0.29, 0.717) is 59.3 Å². The Hall–Kier alpha value is -4.66. The maximum absolute atomic E-state index is 11.5. The largest absolute Gasteiger partial charge is 0.507 e. The standard InChI is InChI=1S/C43H61N3O6/c1-8-11-14-17-26-50-36-23-20-33(39(47)29(36)4)32(7)45-43(35-22-25-38(31(6)41(35)49)52-28-19-16-13-10-3)46-42(44)34-21-24-37(30(5)40(34)48)51-27-18-15-12-9-2/h20-25,47-49H,7-19,26-28H2,1-6H3,(H2,44,45,46). The lowest BCUT2D eigenvalue weighted by Gasteiger charge is -2.16. The van der Waals surface area contributed by atoms with Gasteiger partial charge >= 0.3 is 0 Å². The number of hydrogen-bond donors (Lipinski definition) is 4. The second-order valence-electron chi connectivity index (χ2n) is 13.4. The lowest BCUT2D eigenvalue weighted by Crippen LogP contribution is -2.17. The van der Waals surface area contributed by atoms with Crippen molar-refractivity contribution in [3.8, 4) is 34.5 Å². The first-order valence-electron chi connectivity index (χ1n) is 19.0. The third-order valence-corrected chi connectivity index (χ3v) is 9.21. The van der Waals surface area contributed by atoms with Gasteiger partial charge in [0.1, 0.15) is 40.3 Å². The van der Waals surface area contributed by atoms with Gasteiger partial charge in [0.05, 0.1) is 36.6 Å². The summed E-state index contributed by atoms with van der Waals surface area (Å²) in [4.78, 5) is 9.37. The summed E-state index contributed by atoms with van der Waals surface area (Å²) < 4.78 is 17.9. The highest BCUT2D eigenvalue weighted by atomic mass is 16.5. The highest BCUT2D eigenvalue weighted by Gasteiger charge is 2.20. The van der Waals surface area contributed by atoms with Crippen molar-refractivity contribution in [3.63, 3.8) is 0 Å². The van der Waals surface area contributed by atoms with Crippen molar-refractivity contribution in [1.82, 2.24) is 0 Å². The molecule has 0 radical (unpaired) electrons. The first kappa shape index (κ1) is 41.8. The van der Waals surface area contributed by atoms with Gasteiger partial charge in [0.25, 0.3) is 0 Å². The maximum Gasteiger partial charge on any atom is 0.165 e. The topological polar surface area (TPSA) is 139 Å². The summed E-state index contributed by atoms with van der Waals surface area (Å²) in [6.07, 6.45) is 12.9. The van der Waals surface area contributed by atoms with E-state index in [-0.39, 0.29) is 45.7 Å². The van der Waals surface area contributed by atoms with Gasteiger partial charge in [-0.3, -0.25) is 0 Å². The molecule has 0 saturated heterocycles. The Morgan fingerprint density at radius 2 is 0.904 bits per heavy atom. The fourth-order valence-corrected chi connectivity index (χ4v) is 5.77. The Kier molecular flexibility index (Phi) is 17.4. The molecule has 0 heterocycles. The number of unbranched alkanes of at least 4 members (excludes halogenated alkanes) is 9. The third kappa shape index (κ3) is 11.7. The van der Waals surface area contributed by atoms with Crippen LogP contribution in [0.1, 0.15) is 131 Å². The number of benzene rings is 3. The van der Waals surface area contributed by atoms with Crippen LogP contribution in [0.4, 0.5) is 0 Å². The number of hydrogen-bond acceptors (Lipinski definition) is 7. The van der Waals surface area contributed by atoms with Crippen LogP contribution in [0.15, 0.2) is 53.0 Å². The number of phenolic OH excluding ortho intramolecular Hbond substituents is 3. The van der Waals surface area contributed by atoms with E-state index in [1.54, 1.807) is 57.2 Å². The van der Waals surface area contributed by atoms with Crippen LogP contribution in [-0.2, 0) is 0 Å². The van der Waals surface area contributed by atoms with E-state index in [0.717, 1.165) is 77.0 Å². The number of aromatic hydroxyl groups is 3. The average molecular weight is 716 g/mol. The predicted octanol–water partition coefficient (Wildman–Crippen LogP) is 10.4. The van der Waals surface area contributed by atoms with Crippen LogP contribution in [0, 0.1) is 20.8 Å². The molecule has 0 fully saturated rings. The number of aliphatic imine (C=N–C) groups is 2. The van der Waals surface area contributed by atoms with Gasteiger partial charge in [0.15, 0.2) is 5.84 Å². The molecular weight excluding hydrogens is 654 g/mol. The second-order valence-corrected chi connectivity index (χ2v) is 13.4. The summed E-state index contributed by atoms with van der Waals surface area (Å²) in [7, 11) is 0. The molecule has 0 spiro atoms. The summed E-state index contributed by atoms with van der Waals surface area (Å²) in [6, 6.07) is 10.4. The molecule has 0 aliphatic carbocycles. The Morgan fingerprint density at radius 1 is 0.538 bits per heavy atom. The fourth-order valence-electron chi connectivity index (χ4n) is 5.77. The number of nitrogens with two attached hydrogens (primary N) is 1. The minimum absolute atomic E-state index is 0.0121. The number of nitrogens with zero attached hydrogens (tertiary/aromatic N) is 2. The van der Waals surface area contributed by atoms with E-state index in [2.05, 4.69) is 32.3 Å². The molecule has 0 amide bonds. The molecule has 284 valence electrons. The molecule has 0 atom stereocenters. The molecule has 0 unspecified atom stereocenters. The lowest BCUT2D eigenvalue weighted by molar-refractivity contribution is 0.301. The van der Waals surface area contributed by atoms with Gasteiger partial charge in [-0.25, -0.2) is 9.98 Å². The molecule has 9 heteroatoms. The highest BCUT2D eigenvalue weighted by molar-refractivity contribution is 6.14. The lowest BCUT2D eigenvalue weighted by atomic mass is 10.0. The molecule has 9 nitrogen and oxygen atoms in total. The normalized spacial score (nSPS) is 11.9. The van der Waals surface area contributed by atoms with Gasteiger partial charge in [-0.05, 0) is 76.4 Å². The zero-order valence-corrected chi connectivity index (χ0v) is 32.3. The van der Waals surface area contributed by atoms with Crippen molar-refractivity contribution >= 4 is 17.4 Å². The fraction of sp³-hybridized carbons (Fsp3) is 0.488. The molecule has 5 N–H and O–H groups in total. The molecule has 0 aliphatic heterocycles. The first-order valence-corrected chi connectivity index (χ1v) is 19.0. The Morgan fingerprint density at radius 3 is 1.33 bits per heavy atom. The monoisotopic (exact) mass is 715 g/mol. The van der Waals surface area contributed by atoms with E-state index in [9.17, 15) is 15.3 Å². The van der Waals surface area contributed by atoms with Crippen LogP contribution in [0.2, 0.25) is 0 Å². The van der Waals surface area contributed by atoms with E-state index in [1.807, 2.05) is 0 Å². The van der Waals surface area contributed by atoms with Gasteiger partial charge in [-0.2, -0.15) is 0 Å². The molecule has 0 aromatic heterocycles. The van der Waals surface area contributed by atoms with Crippen LogP contribution in [0.25, 0.3) is 5.70 Å². The number of rotatable bonds is 22. The molecule has 3 aromatic carbocycles. The summed E-state index contributed by atoms with van der Waals surface area (Å²) in [5, 5.41) is 33.9. The van der Waals surface area contributed by atoms with Gasteiger partial charge in [-0.1, -0.05) is 85.1 Å². The van der Waals surface area contributed by atoms with Crippen molar-refractivity contribution in [3.05, 3.63) is 76.4 Å². The SMILES string of the molecule is C=C(/N=C(\N=C(/N)c1ccc(OCCCCCC)c(C)c1O)c1ccc(OCCCCCC)c(C)c1O)c1ccc(OCCCCCC)c(C)c1O. The zero-order chi connectivity index (χ0) is 38.0. The summed E-state index contributed by atoms with van der Waals surface area (Å²) >= 11 is 0. The summed E-state index contributed by atoms with van der Waals surface area (Å²) in [5.41, 5.74) is 9.35. The van der Waals surface area contributed by atoms with E-state index in [4.69, 9.17) is 24.9 Å². The van der Waals surface area contributed by atoms with Crippen LogP contribution in [0.5, 0.6) is 34.5 Å². The Balaban J connectivity index is 2.01. The average Bonchev–Trinajstić information content (AvgIpc) is 3.12. The number of ether oxygens (including phenoxy) is 3. The van der Waals surface area contributed by atoms with E-state index >= 15 is 0 Å². The quantitative estimate of drug-likeness (QED) is 0.0461. The van der Waals surface area contributed by atoms with Crippen molar-refractivity contribution in [2.75, 3.05) is 19.8 Å². The minimum atomic E-state index is -0.0754. The molecule has 52 heavy (non-hydrogen) atoms. The second kappa shape index (κ2) is 21.6. The van der Waals surface area contributed by atoms with E-state index in [1.165, 1.54) is 0 Å². The highest BCUT2D eigenvalue weighted by Crippen LogP contribution is 2.37. The number of amidine groups is 2. The van der Waals surface area contributed by atoms with Crippen LogP contribution >= 0.6 is 0 Å². The van der Waals surface area contributed by atoms with Gasteiger partial charge in [-0.15, -0.1) is 0 Å². The molecular formula is C43H61N3O6. The number of phenols is 3. The van der Waals surface area contributed by atoms with Crippen molar-refractivity contribution in [2.24, 2.45) is 15.7 Å². The minimum Gasteiger partial charge on any atom is -0.507 e. The van der Waals surface area contributed by atoms with Gasteiger partial charge in [0.2, 0.25) is 0 Å². The molecule has 0 bridgehead atoms. The van der Waals surface area contributed by atoms with Gasteiger partial charge < -0.3 is 35.3 Å². The van der Waals surface area contributed by atoms with Gasteiger partial charge in [0, 0.05) is 22.3 Å². The maximum atomic E-state index is 11.5. The molecule has 3 rings (SSSR count). The van der Waals surface area contributed by atoms with Crippen molar-refractivity contribution in [1.29, 1.82) is 0 Å². The first-order chi connectivity index (χ1) is 25.0. The van der Waals surface area contributed by atoms with Crippen molar-refractivity contribution < 1.29 is 29.5 Å².